The second kappa shape index (κ2) is 7.40. The van der Waals surface area contributed by atoms with E-state index in [1.54, 1.807) is 48.7 Å². The second-order valence-corrected chi connectivity index (χ2v) is 8.18. The molecule has 146 valence electrons. The molecule has 0 saturated carbocycles. The topological polar surface area (TPSA) is 104 Å². The molecular weight excluding hydrogens is 388 g/mol. The summed E-state index contributed by atoms with van der Waals surface area (Å²) in [5, 5.41) is 3.27. The number of aromatic amines is 1. The summed E-state index contributed by atoms with van der Waals surface area (Å²) < 4.78 is 28.5. The predicted molar refractivity (Wildman–Crippen MR) is 112 cm³/mol. The van der Waals surface area contributed by atoms with E-state index < -0.39 is 15.9 Å². The predicted octanol–water partition coefficient (Wildman–Crippen LogP) is 3.92. The van der Waals surface area contributed by atoms with Gasteiger partial charge in [0.15, 0.2) is 0 Å². The monoisotopic (exact) mass is 406 g/mol. The molecule has 0 unspecified atom stereocenters. The number of pyridine rings is 1. The lowest BCUT2D eigenvalue weighted by atomic mass is 10.1. The maximum Gasteiger partial charge on any atom is 0.264 e. The Bertz CT molecular complexity index is 1310. The molecule has 2 aromatic heterocycles. The van der Waals surface area contributed by atoms with Crippen molar-refractivity contribution >= 4 is 38.3 Å². The van der Waals surface area contributed by atoms with Crippen molar-refractivity contribution in [2.45, 2.75) is 11.8 Å². The molecule has 0 aliphatic rings. The van der Waals surface area contributed by atoms with Gasteiger partial charge in [0.1, 0.15) is 10.5 Å². The highest BCUT2D eigenvalue weighted by Crippen LogP contribution is 2.25. The number of carbonyl (C=O) groups excluding carboxylic acids is 1. The normalized spacial score (nSPS) is 11.3. The first-order valence-corrected chi connectivity index (χ1v) is 10.3. The number of benzene rings is 2. The molecule has 0 aliphatic carbocycles. The number of rotatable bonds is 5. The first-order valence-electron chi connectivity index (χ1n) is 8.86. The lowest BCUT2D eigenvalue weighted by molar-refractivity contribution is 0.102. The van der Waals surface area contributed by atoms with Crippen LogP contribution in [0, 0.1) is 6.92 Å². The fraction of sp³-hybridized carbons (Fsp3) is 0.0476. The van der Waals surface area contributed by atoms with E-state index in [-0.39, 0.29) is 16.1 Å². The number of aryl methyl sites for hydroxylation is 1. The number of hydrogen-bond donors (Lipinski definition) is 3. The highest BCUT2D eigenvalue weighted by Gasteiger charge is 2.22. The molecule has 3 N–H and O–H groups in total. The van der Waals surface area contributed by atoms with Crippen LogP contribution in [0.1, 0.15) is 15.9 Å². The van der Waals surface area contributed by atoms with Crippen LogP contribution < -0.4 is 10.0 Å². The van der Waals surface area contributed by atoms with Gasteiger partial charge in [0.25, 0.3) is 15.9 Å². The van der Waals surface area contributed by atoms with E-state index in [1.807, 2.05) is 25.1 Å². The van der Waals surface area contributed by atoms with Crippen molar-refractivity contribution in [3.63, 3.8) is 0 Å². The number of hydrogen-bond acceptors (Lipinski definition) is 4. The number of nitrogens with zero attached hydrogens (tertiary/aromatic N) is 1. The van der Waals surface area contributed by atoms with Crippen LogP contribution in [0.4, 0.5) is 11.4 Å². The zero-order valence-electron chi connectivity index (χ0n) is 15.5. The molecule has 2 aromatic carbocycles. The number of aromatic nitrogens is 2. The summed E-state index contributed by atoms with van der Waals surface area (Å²) in [5.41, 5.74) is 2.52. The fourth-order valence-corrected chi connectivity index (χ4v) is 4.29. The number of sulfonamides is 1. The largest absolute Gasteiger partial charge is 0.345 e. The molecule has 0 aliphatic heterocycles. The maximum atomic E-state index is 13.0. The van der Waals surface area contributed by atoms with E-state index >= 15 is 0 Å². The Morgan fingerprint density at radius 3 is 2.69 bits per heavy atom. The number of carbonyl (C=O) groups is 1. The van der Waals surface area contributed by atoms with E-state index in [0.29, 0.717) is 16.7 Å². The van der Waals surface area contributed by atoms with E-state index in [0.717, 1.165) is 5.56 Å². The Balaban J connectivity index is 1.65. The Kier molecular flexibility index (Phi) is 4.77. The SMILES string of the molecule is Cc1cccc(NC(=O)c2ccccc2NS(=O)(=O)c2c[nH]c3ncccc23)c1. The summed E-state index contributed by atoms with van der Waals surface area (Å²) in [6, 6.07) is 17.2. The minimum Gasteiger partial charge on any atom is -0.345 e. The van der Waals surface area contributed by atoms with Gasteiger partial charge in [-0.25, -0.2) is 13.4 Å². The number of anilines is 2. The first kappa shape index (κ1) is 18.7. The van der Waals surface area contributed by atoms with Gasteiger partial charge in [-0.15, -0.1) is 0 Å². The minimum absolute atomic E-state index is 0.0643. The van der Waals surface area contributed by atoms with Gasteiger partial charge in [0, 0.05) is 23.5 Å². The van der Waals surface area contributed by atoms with Gasteiger partial charge in [-0.05, 0) is 48.9 Å². The van der Waals surface area contributed by atoms with Crippen molar-refractivity contribution in [2.24, 2.45) is 0 Å². The van der Waals surface area contributed by atoms with Crippen LogP contribution >= 0.6 is 0 Å². The van der Waals surface area contributed by atoms with Crippen molar-refractivity contribution in [1.29, 1.82) is 0 Å². The summed E-state index contributed by atoms with van der Waals surface area (Å²) in [5.74, 6) is -0.408. The third kappa shape index (κ3) is 3.83. The number of fused-ring (bicyclic) bond motifs is 1. The standard InChI is InChI=1S/C21H18N4O3S/c1-14-6-4-7-15(12-14)24-21(26)16-8-2-3-10-18(16)25-29(27,28)19-13-23-20-17(19)9-5-11-22-20/h2-13,25H,1H3,(H,22,23)(H,24,26). The van der Waals surface area contributed by atoms with Crippen LogP contribution in [0.2, 0.25) is 0 Å². The molecule has 4 rings (SSSR count). The fourth-order valence-electron chi connectivity index (χ4n) is 3.04. The van der Waals surface area contributed by atoms with Gasteiger partial charge in [0.2, 0.25) is 0 Å². The number of para-hydroxylation sites is 1. The second-order valence-electron chi connectivity index (χ2n) is 6.53. The summed E-state index contributed by atoms with van der Waals surface area (Å²) in [7, 11) is -3.93. The molecule has 7 nitrogen and oxygen atoms in total. The van der Waals surface area contributed by atoms with Gasteiger partial charge < -0.3 is 10.3 Å². The average Bonchev–Trinajstić information content (AvgIpc) is 3.13. The third-order valence-electron chi connectivity index (χ3n) is 4.39. The third-order valence-corrected chi connectivity index (χ3v) is 5.80. The Labute approximate surface area is 167 Å². The van der Waals surface area contributed by atoms with Crippen LogP contribution in [0.3, 0.4) is 0 Å². The van der Waals surface area contributed by atoms with Crippen molar-refractivity contribution in [3.05, 3.63) is 84.2 Å². The molecule has 1 amide bonds. The molecule has 2 heterocycles. The first-order chi connectivity index (χ1) is 13.9. The van der Waals surface area contributed by atoms with Gasteiger partial charge >= 0.3 is 0 Å². The van der Waals surface area contributed by atoms with E-state index in [2.05, 4.69) is 20.0 Å². The zero-order valence-corrected chi connectivity index (χ0v) is 16.3. The highest BCUT2D eigenvalue weighted by atomic mass is 32.2. The molecule has 0 fully saturated rings. The average molecular weight is 406 g/mol. The highest BCUT2D eigenvalue weighted by molar-refractivity contribution is 7.93. The smallest absolute Gasteiger partial charge is 0.264 e. The van der Waals surface area contributed by atoms with Crippen molar-refractivity contribution in [1.82, 2.24) is 9.97 Å². The molecule has 29 heavy (non-hydrogen) atoms. The lowest BCUT2D eigenvalue weighted by Crippen LogP contribution is -2.18. The molecular formula is C21H18N4O3S. The molecule has 4 aromatic rings. The minimum atomic E-state index is -3.93. The number of H-pyrrole nitrogens is 1. The molecule has 0 bridgehead atoms. The maximum absolute atomic E-state index is 13.0. The van der Waals surface area contributed by atoms with Gasteiger partial charge in [-0.3, -0.25) is 9.52 Å². The van der Waals surface area contributed by atoms with Crippen LogP contribution in [0.5, 0.6) is 0 Å². The summed E-state index contributed by atoms with van der Waals surface area (Å²) in [6.07, 6.45) is 2.96. The van der Waals surface area contributed by atoms with Gasteiger partial charge in [-0.1, -0.05) is 24.3 Å². The zero-order chi connectivity index (χ0) is 20.4. The van der Waals surface area contributed by atoms with Crippen LogP contribution in [-0.2, 0) is 10.0 Å². The van der Waals surface area contributed by atoms with Crippen LogP contribution in [0.15, 0.2) is 78.0 Å². The lowest BCUT2D eigenvalue weighted by Gasteiger charge is -2.12. The van der Waals surface area contributed by atoms with E-state index in [4.69, 9.17) is 0 Å². The van der Waals surface area contributed by atoms with Crippen LogP contribution in [0.25, 0.3) is 11.0 Å². The van der Waals surface area contributed by atoms with E-state index in [9.17, 15) is 13.2 Å². The molecule has 0 radical (unpaired) electrons. The van der Waals surface area contributed by atoms with Crippen molar-refractivity contribution < 1.29 is 13.2 Å². The quantitative estimate of drug-likeness (QED) is 0.467. The molecule has 8 heteroatoms. The number of nitrogens with one attached hydrogen (secondary N) is 3. The molecule has 0 spiro atoms. The van der Waals surface area contributed by atoms with Crippen molar-refractivity contribution in [2.75, 3.05) is 10.0 Å². The molecule has 0 atom stereocenters. The van der Waals surface area contributed by atoms with Gasteiger partial charge in [0.05, 0.1) is 11.3 Å². The Hall–Kier alpha value is -3.65. The molecule has 0 saturated heterocycles. The summed E-state index contributed by atoms with van der Waals surface area (Å²) >= 11 is 0. The van der Waals surface area contributed by atoms with Gasteiger partial charge in [-0.2, -0.15) is 0 Å². The van der Waals surface area contributed by atoms with Crippen molar-refractivity contribution in [3.8, 4) is 0 Å². The summed E-state index contributed by atoms with van der Waals surface area (Å²) in [4.78, 5) is 19.8. The van der Waals surface area contributed by atoms with Crippen LogP contribution in [-0.4, -0.2) is 24.3 Å². The summed E-state index contributed by atoms with van der Waals surface area (Å²) in [6.45, 7) is 1.92. The number of amides is 1. The Morgan fingerprint density at radius 1 is 1.03 bits per heavy atom. The Morgan fingerprint density at radius 2 is 1.86 bits per heavy atom. The van der Waals surface area contributed by atoms with E-state index in [1.165, 1.54) is 6.20 Å².